The van der Waals surface area contributed by atoms with E-state index in [0.29, 0.717) is 5.56 Å². The molecule has 8 N–H and O–H groups in total. The van der Waals surface area contributed by atoms with Crippen molar-refractivity contribution < 1.29 is 34.5 Å². The van der Waals surface area contributed by atoms with Gasteiger partial charge in [0.15, 0.2) is 0 Å². The SMILES string of the molecule is NC(CO)C(=O)NCC(=O)NC(CS)C(=O)NC(Cc1ccc(O)cc1)C(=O)O. The van der Waals surface area contributed by atoms with Gasteiger partial charge in [0.05, 0.1) is 13.2 Å². The van der Waals surface area contributed by atoms with Gasteiger partial charge in [-0.1, -0.05) is 12.1 Å². The number of carbonyl (C=O) groups is 4. The molecule has 160 valence electrons. The number of aliphatic hydroxyl groups excluding tert-OH is 1. The number of hydrogen-bond acceptors (Lipinski definition) is 8. The van der Waals surface area contributed by atoms with Crippen molar-refractivity contribution in [3.05, 3.63) is 29.8 Å². The molecule has 0 heterocycles. The lowest BCUT2D eigenvalue weighted by molar-refractivity contribution is -0.142. The highest BCUT2D eigenvalue weighted by Crippen LogP contribution is 2.11. The zero-order valence-electron chi connectivity index (χ0n) is 15.4. The number of phenolic OH excluding ortho intramolecular Hbond substituents is 1. The number of phenols is 1. The first kappa shape index (κ1) is 24.2. The molecule has 1 aromatic carbocycles. The molecule has 0 bridgehead atoms. The molecule has 1 aromatic rings. The fraction of sp³-hybridized carbons (Fsp3) is 0.412. The van der Waals surface area contributed by atoms with Crippen LogP contribution >= 0.6 is 12.6 Å². The average molecular weight is 428 g/mol. The van der Waals surface area contributed by atoms with Gasteiger partial charge in [0.2, 0.25) is 17.7 Å². The topological polar surface area (TPSA) is 191 Å². The summed E-state index contributed by atoms with van der Waals surface area (Å²) in [6, 6.07) is 2.24. The third kappa shape index (κ3) is 8.37. The number of thiol groups is 1. The Labute approximate surface area is 172 Å². The zero-order chi connectivity index (χ0) is 22.0. The van der Waals surface area contributed by atoms with Crippen LogP contribution in [0.1, 0.15) is 5.56 Å². The Morgan fingerprint density at radius 1 is 1.03 bits per heavy atom. The third-order valence-electron chi connectivity index (χ3n) is 3.78. The predicted molar refractivity (Wildman–Crippen MR) is 105 cm³/mol. The largest absolute Gasteiger partial charge is 0.508 e. The maximum Gasteiger partial charge on any atom is 0.326 e. The van der Waals surface area contributed by atoms with Crippen LogP contribution < -0.4 is 21.7 Å². The summed E-state index contributed by atoms with van der Waals surface area (Å²) in [6.07, 6.45) is -0.0380. The van der Waals surface area contributed by atoms with Gasteiger partial charge < -0.3 is 37.0 Å². The Hall–Kier alpha value is -2.83. The molecule has 11 nitrogen and oxygen atoms in total. The molecule has 0 saturated carbocycles. The van der Waals surface area contributed by atoms with E-state index in [2.05, 4.69) is 28.6 Å². The van der Waals surface area contributed by atoms with Crippen LogP contribution in [0.5, 0.6) is 5.75 Å². The fourth-order valence-electron chi connectivity index (χ4n) is 2.16. The summed E-state index contributed by atoms with van der Waals surface area (Å²) in [5.74, 6) is -3.60. The molecule has 0 aliphatic heterocycles. The zero-order valence-corrected chi connectivity index (χ0v) is 16.3. The molecule has 0 aliphatic rings. The number of benzene rings is 1. The average Bonchev–Trinajstić information content (AvgIpc) is 2.70. The van der Waals surface area contributed by atoms with E-state index in [4.69, 9.17) is 10.8 Å². The lowest BCUT2D eigenvalue weighted by atomic mass is 10.1. The smallest absolute Gasteiger partial charge is 0.326 e. The van der Waals surface area contributed by atoms with Crippen molar-refractivity contribution in [2.45, 2.75) is 24.5 Å². The van der Waals surface area contributed by atoms with Crippen molar-refractivity contribution >= 4 is 36.3 Å². The Morgan fingerprint density at radius 3 is 2.17 bits per heavy atom. The first-order chi connectivity index (χ1) is 13.7. The van der Waals surface area contributed by atoms with Gasteiger partial charge in [-0.3, -0.25) is 14.4 Å². The van der Waals surface area contributed by atoms with Crippen molar-refractivity contribution in [3.63, 3.8) is 0 Å². The second-order valence-corrected chi connectivity index (χ2v) is 6.44. The van der Waals surface area contributed by atoms with Crippen molar-refractivity contribution in [1.29, 1.82) is 0 Å². The molecule has 0 radical (unpaired) electrons. The number of carbonyl (C=O) groups excluding carboxylic acids is 3. The number of rotatable bonds is 11. The number of aromatic hydroxyl groups is 1. The van der Waals surface area contributed by atoms with Crippen LogP contribution in [0.3, 0.4) is 0 Å². The molecule has 1 rings (SSSR count). The summed E-state index contributed by atoms with van der Waals surface area (Å²) >= 11 is 3.98. The van der Waals surface area contributed by atoms with Crippen LogP contribution in [-0.2, 0) is 25.6 Å². The van der Waals surface area contributed by atoms with E-state index >= 15 is 0 Å². The highest BCUT2D eigenvalue weighted by atomic mass is 32.1. The summed E-state index contributed by atoms with van der Waals surface area (Å²) in [5, 5.41) is 34.2. The van der Waals surface area contributed by atoms with Gasteiger partial charge in [0, 0.05) is 12.2 Å². The first-order valence-electron chi connectivity index (χ1n) is 8.53. The molecular weight excluding hydrogens is 404 g/mol. The van der Waals surface area contributed by atoms with Gasteiger partial charge in [-0.15, -0.1) is 0 Å². The van der Waals surface area contributed by atoms with E-state index in [0.717, 1.165) is 0 Å². The summed E-state index contributed by atoms with van der Waals surface area (Å²) in [4.78, 5) is 47.1. The summed E-state index contributed by atoms with van der Waals surface area (Å²) in [5.41, 5.74) is 5.87. The minimum atomic E-state index is -1.28. The van der Waals surface area contributed by atoms with Gasteiger partial charge >= 0.3 is 5.97 Å². The Kier molecular flexibility index (Phi) is 9.92. The molecule has 29 heavy (non-hydrogen) atoms. The molecular formula is C17H24N4O7S. The first-order valence-corrected chi connectivity index (χ1v) is 9.16. The normalized spacial score (nSPS) is 13.6. The number of carboxylic acid groups (broad SMARTS) is 1. The molecule has 0 spiro atoms. The second-order valence-electron chi connectivity index (χ2n) is 6.08. The van der Waals surface area contributed by atoms with Gasteiger partial charge in [-0.05, 0) is 17.7 Å². The third-order valence-corrected chi connectivity index (χ3v) is 4.15. The number of hydrogen-bond donors (Lipinski definition) is 8. The Balaban J connectivity index is 2.64. The van der Waals surface area contributed by atoms with Gasteiger partial charge in [-0.2, -0.15) is 12.6 Å². The quantitative estimate of drug-likeness (QED) is 0.175. The van der Waals surface area contributed by atoms with E-state index in [1.807, 2.05) is 0 Å². The predicted octanol–water partition coefficient (Wildman–Crippen LogP) is -2.65. The number of nitrogens with one attached hydrogen (secondary N) is 3. The molecule has 3 unspecified atom stereocenters. The van der Waals surface area contributed by atoms with Crippen molar-refractivity contribution in [1.82, 2.24) is 16.0 Å². The lowest BCUT2D eigenvalue weighted by Gasteiger charge is -2.20. The van der Waals surface area contributed by atoms with E-state index < -0.39 is 55.0 Å². The maximum absolute atomic E-state index is 12.3. The monoisotopic (exact) mass is 428 g/mol. The summed E-state index contributed by atoms with van der Waals surface area (Å²) in [6.45, 7) is -1.08. The standard InChI is InChI=1S/C17H24N4O7S/c18-11(7-22)15(25)19-6-14(24)20-13(8-29)16(26)21-12(17(27)28)5-9-1-3-10(23)4-2-9/h1-4,11-13,22-23,29H,5-8,18H2,(H,19,25)(H,20,24)(H,21,26)(H,27,28). The lowest BCUT2D eigenvalue weighted by Crippen LogP contribution is -2.55. The Bertz CT molecular complexity index is 729. The number of amides is 3. The fourth-order valence-corrected chi connectivity index (χ4v) is 2.42. The van der Waals surface area contributed by atoms with Crippen LogP contribution in [0.4, 0.5) is 0 Å². The van der Waals surface area contributed by atoms with Crippen molar-refractivity contribution in [2.75, 3.05) is 18.9 Å². The minimum Gasteiger partial charge on any atom is -0.508 e. The molecule has 0 saturated heterocycles. The highest BCUT2D eigenvalue weighted by molar-refractivity contribution is 7.80. The van der Waals surface area contributed by atoms with Crippen LogP contribution in [0, 0.1) is 0 Å². The maximum atomic E-state index is 12.3. The van der Waals surface area contributed by atoms with E-state index in [9.17, 15) is 29.4 Å². The number of aliphatic carboxylic acids is 1. The van der Waals surface area contributed by atoms with Crippen LogP contribution in [0.25, 0.3) is 0 Å². The van der Waals surface area contributed by atoms with Crippen LogP contribution in [0.2, 0.25) is 0 Å². The number of nitrogens with two attached hydrogens (primary N) is 1. The molecule has 12 heteroatoms. The number of carboxylic acids is 1. The van der Waals surface area contributed by atoms with Crippen molar-refractivity contribution in [2.24, 2.45) is 5.73 Å². The summed E-state index contributed by atoms with van der Waals surface area (Å²) in [7, 11) is 0. The minimum absolute atomic E-state index is 0.0227. The second kappa shape index (κ2) is 11.9. The van der Waals surface area contributed by atoms with E-state index in [1.165, 1.54) is 24.3 Å². The van der Waals surface area contributed by atoms with Gasteiger partial charge in [0.25, 0.3) is 0 Å². The molecule has 0 aromatic heterocycles. The molecule has 0 aliphatic carbocycles. The highest BCUT2D eigenvalue weighted by Gasteiger charge is 2.26. The molecule has 3 amide bonds. The van der Waals surface area contributed by atoms with Crippen LogP contribution in [-0.4, -0.2) is 76.0 Å². The molecule has 0 fully saturated rings. The van der Waals surface area contributed by atoms with Crippen molar-refractivity contribution in [3.8, 4) is 5.75 Å². The van der Waals surface area contributed by atoms with Crippen LogP contribution in [0.15, 0.2) is 24.3 Å². The summed E-state index contributed by atoms with van der Waals surface area (Å²) < 4.78 is 0. The van der Waals surface area contributed by atoms with Gasteiger partial charge in [0.1, 0.15) is 23.9 Å². The van der Waals surface area contributed by atoms with Gasteiger partial charge in [-0.25, -0.2) is 4.79 Å². The number of aliphatic hydroxyl groups is 1. The Morgan fingerprint density at radius 2 is 1.66 bits per heavy atom. The molecule has 3 atom stereocenters. The van der Waals surface area contributed by atoms with E-state index in [-0.39, 0.29) is 17.9 Å². The van der Waals surface area contributed by atoms with E-state index in [1.54, 1.807) is 0 Å².